The van der Waals surface area contributed by atoms with Gasteiger partial charge in [0.1, 0.15) is 0 Å². The summed E-state index contributed by atoms with van der Waals surface area (Å²) < 4.78 is 5.07. The predicted molar refractivity (Wildman–Crippen MR) is 58.8 cm³/mol. The second-order valence-electron chi connectivity index (χ2n) is 2.84. The Morgan fingerprint density at radius 3 is 2.79 bits per heavy atom. The summed E-state index contributed by atoms with van der Waals surface area (Å²) in [4.78, 5) is 12.5. The van der Waals surface area contributed by atoms with E-state index in [1.165, 1.54) is 0 Å². The van der Waals surface area contributed by atoms with Gasteiger partial charge in [0, 0.05) is 4.90 Å². The summed E-state index contributed by atoms with van der Waals surface area (Å²) in [5.41, 5.74) is 0.661. The topological polar surface area (TPSA) is 26.3 Å². The molecule has 0 aromatic heterocycles. The molecule has 0 heterocycles. The Labute approximate surface area is 88.7 Å². The van der Waals surface area contributed by atoms with Crippen molar-refractivity contribution in [3.05, 3.63) is 29.8 Å². The van der Waals surface area contributed by atoms with Crippen molar-refractivity contribution in [1.82, 2.24) is 0 Å². The third-order valence-electron chi connectivity index (χ3n) is 1.76. The fourth-order valence-corrected chi connectivity index (χ4v) is 1.67. The van der Waals surface area contributed by atoms with Crippen molar-refractivity contribution in [2.45, 2.75) is 18.2 Å². The lowest BCUT2D eigenvalue weighted by Gasteiger charge is -2.06. The number of carbonyl (C=O) groups excluding carboxylic acids is 1. The number of hydrogen-bond acceptors (Lipinski definition) is 3. The maximum atomic E-state index is 11.5. The first-order valence-corrected chi connectivity index (χ1v) is 5.82. The van der Waals surface area contributed by atoms with E-state index in [2.05, 4.69) is 0 Å². The molecule has 3 heteroatoms. The van der Waals surface area contributed by atoms with E-state index < -0.39 is 0 Å². The lowest BCUT2D eigenvalue weighted by atomic mass is 10.2. The van der Waals surface area contributed by atoms with Crippen molar-refractivity contribution >= 4 is 17.7 Å². The van der Waals surface area contributed by atoms with E-state index in [1.54, 1.807) is 17.8 Å². The number of thioether (sulfide) groups is 1. The zero-order valence-electron chi connectivity index (χ0n) is 8.45. The Hall–Kier alpha value is -0.960. The lowest BCUT2D eigenvalue weighted by Crippen LogP contribution is -2.06. The first-order chi connectivity index (χ1) is 6.79. The molecule has 0 saturated carbocycles. The highest BCUT2D eigenvalue weighted by Gasteiger charge is 2.10. The Bertz CT molecular complexity index is 310. The van der Waals surface area contributed by atoms with Crippen LogP contribution >= 0.6 is 11.8 Å². The second kappa shape index (κ2) is 5.70. The summed E-state index contributed by atoms with van der Waals surface area (Å²) in [6.07, 6.45) is 2.80. The molecule has 0 bridgehead atoms. The van der Waals surface area contributed by atoms with E-state index in [-0.39, 0.29) is 5.97 Å². The second-order valence-corrected chi connectivity index (χ2v) is 3.68. The SMILES string of the molecule is CCCOC(=O)c1ccccc1SC. The highest BCUT2D eigenvalue weighted by molar-refractivity contribution is 7.98. The van der Waals surface area contributed by atoms with Gasteiger partial charge in [-0.05, 0) is 24.8 Å². The van der Waals surface area contributed by atoms with Gasteiger partial charge in [-0.3, -0.25) is 0 Å². The van der Waals surface area contributed by atoms with Gasteiger partial charge < -0.3 is 4.74 Å². The van der Waals surface area contributed by atoms with Gasteiger partial charge >= 0.3 is 5.97 Å². The van der Waals surface area contributed by atoms with Crippen LogP contribution in [0.5, 0.6) is 0 Å². The maximum Gasteiger partial charge on any atom is 0.339 e. The number of benzene rings is 1. The normalized spacial score (nSPS) is 9.86. The minimum atomic E-state index is -0.225. The van der Waals surface area contributed by atoms with Gasteiger partial charge in [-0.2, -0.15) is 0 Å². The highest BCUT2D eigenvalue weighted by Crippen LogP contribution is 2.20. The van der Waals surface area contributed by atoms with Gasteiger partial charge in [-0.15, -0.1) is 11.8 Å². The summed E-state index contributed by atoms with van der Waals surface area (Å²) in [5, 5.41) is 0. The van der Waals surface area contributed by atoms with Gasteiger partial charge in [0.25, 0.3) is 0 Å². The summed E-state index contributed by atoms with van der Waals surface area (Å²) in [5.74, 6) is -0.225. The van der Waals surface area contributed by atoms with Crippen LogP contribution in [0, 0.1) is 0 Å². The van der Waals surface area contributed by atoms with Crippen molar-refractivity contribution in [1.29, 1.82) is 0 Å². The molecule has 14 heavy (non-hydrogen) atoms. The number of esters is 1. The maximum absolute atomic E-state index is 11.5. The average molecular weight is 210 g/mol. The summed E-state index contributed by atoms with van der Waals surface area (Å²) in [6, 6.07) is 7.49. The van der Waals surface area contributed by atoms with Gasteiger partial charge in [0.05, 0.1) is 12.2 Å². The zero-order chi connectivity index (χ0) is 10.4. The molecule has 0 aliphatic carbocycles. The van der Waals surface area contributed by atoms with Crippen LogP contribution < -0.4 is 0 Å². The molecule has 1 rings (SSSR count). The molecule has 0 aliphatic rings. The summed E-state index contributed by atoms with van der Waals surface area (Å²) >= 11 is 1.56. The van der Waals surface area contributed by atoms with E-state index in [4.69, 9.17) is 4.74 Å². The standard InChI is InChI=1S/C11H14O2S/c1-3-8-13-11(12)9-6-4-5-7-10(9)14-2/h4-7H,3,8H2,1-2H3. The number of carbonyl (C=O) groups is 1. The third-order valence-corrected chi connectivity index (χ3v) is 2.56. The quantitative estimate of drug-likeness (QED) is 0.564. The van der Waals surface area contributed by atoms with Gasteiger partial charge in [0.2, 0.25) is 0 Å². The minimum Gasteiger partial charge on any atom is -0.462 e. The van der Waals surface area contributed by atoms with Crippen molar-refractivity contribution in [3.63, 3.8) is 0 Å². The number of ether oxygens (including phenoxy) is 1. The summed E-state index contributed by atoms with van der Waals surface area (Å²) in [6.45, 7) is 2.47. The lowest BCUT2D eigenvalue weighted by molar-refractivity contribution is 0.0501. The van der Waals surface area contributed by atoms with Crippen LogP contribution in [0.15, 0.2) is 29.2 Å². The molecule has 0 radical (unpaired) electrons. The fraction of sp³-hybridized carbons (Fsp3) is 0.364. The molecule has 76 valence electrons. The van der Waals surface area contributed by atoms with Gasteiger partial charge in [-0.25, -0.2) is 4.79 Å². The molecule has 0 atom stereocenters. The van der Waals surface area contributed by atoms with Crippen LogP contribution in [0.25, 0.3) is 0 Å². The van der Waals surface area contributed by atoms with Crippen LogP contribution in [0.3, 0.4) is 0 Å². The van der Waals surface area contributed by atoms with Crippen LogP contribution in [0.1, 0.15) is 23.7 Å². The molecule has 1 aromatic rings. The Morgan fingerprint density at radius 2 is 2.14 bits per heavy atom. The largest absolute Gasteiger partial charge is 0.462 e. The summed E-state index contributed by atoms with van der Waals surface area (Å²) in [7, 11) is 0. The Balaban J connectivity index is 2.78. The first kappa shape index (κ1) is 11.1. The number of hydrogen-bond donors (Lipinski definition) is 0. The molecule has 0 unspecified atom stereocenters. The molecule has 0 aliphatic heterocycles. The molecule has 2 nitrogen and oxygen atoms in total. The monoisotopic (exact) mass is 210 g/mol. The molecular weight excluding hydrogens is 196 g/mol. The molecule has 0 saturated heterocycles. The van der Waals surface area contributed by atoms with Crippen LogP contribution in [0.2, 0.25) is 0 Å². The highest BCUT2D eigenvalue weighted by atomic mass is 32.2. The smallest absolute Gasteiger partial charge is 0.339 e. The van der Waals surface area contributed by atoms with E-state index >= 15 is 0 Å². The van der Waals surface area contributed by atoms with Crippen molar-refractivity contribution in [3.8, 4) is 0 Å². The third kappa shape index (κ3) is 2.77. The van der Waals surface area contributed by atoms with Crippen molar-refractivity contribution in [2.24, 2.45) is 0 Å². The molecule has 0 N–H and O–H groups in total. The Morgan fingerprint density at radius 1 is 1.43 bits per heavy atom. The van der Waals surface area contributed by atoms with Crippen LogP contribution in [0.4, 0.5) is 0 Å². The van der Waals surface area contributed by atoms with Gasteiger partial charge in [0.15, 0.2) is 0 Å². The first-order valence-electron chi connectivity index (χ1n) is 4.59. The van der Waals surface area contributed by atoms with E-state index in [1.807, 2.05) is 31.4 Å². The Kier molecular flexibility index (Phi) is 4.53. The van der Waals surface area contributed by atoms with Crippen LogP contribution in [-0.4, -0.2) is 18.8 Å². The molecule has 0 amide bonds. The molecule has 1 aromatic carbocycles. The minimum absolute atomic E-state index is 0.225. The van der Waals surface area contributed by atoms with E-state index in [0.29, 0.717) is 12.2 Å². The average Bonchev–Trinajstić information content (AvgIpc) is 2.25. The van der Waals surface area contributed by atoms with Gasteiger partial charge in [-0.1, -0.05) is 19.1 Å². The van der Waals surface area contributed by atoms with Crippen molar-refractivity contribution in [2.75, 3.05) is 12.9 Å². The van der Waals surface area contributed by atoms with Crippen molar-refractivity contribution < 1.29 is 9.53 Å². The van der Waals surface area contributed by atoms with Crippen LogP contribution in [-0.2, 0) is 4.74 Å². The van der Waals surface area contributed by atoms with E-state index in [9.17, 15) is 4.79 Å². The van der Waals surface area contributed by atoms with E-state index in [0.717, 1.165) is 11.3 Å². The molecule has 0 fully saturated rings. The molecule has 0 spiro atoms. The zero-order valence-corrected chi connectivity index (χ0v) is 9.26. The number of rotatable bonds is 4. The molecular formula is C11H14O2S. The fourth-order valence-electron chi connectivity index (χ4n) is 1.09. The predicted octanol–water partition coefficient (Wildman–Crippen LogP) is 2.98.